The highest BCUT2D eigenvalue weighted by molar-refractivity contribution is 5.79. The van der Waals surface area contributed by atoms with E-state index in [9.17, 15) is 9.18 Å². The standard InChI is InChI=1S/C19H27FN2O2/c1-21-9-6-18(7-10-21)22(13-16-8-11-24-14-16)19(23)12-15-2-4-17(20)5-3-15/h2-5,16,18H,6-14H2,1H3. The zero-order valence-corrected chi connectivity index (χ0v) is 14.4. The van der Waals surface area contributed by atoms with Gasteiger partial charge < -0.3 is 14.5 Å². The average Bonchev–Trinajstić information content (AvgIpc) is 3.09. The summed E-state index contributed by atoms with van der Waals surface area (Å²) in [6.45, 7) is 4.41. The Bertz CT molecular complexity index is 535. The zero-order valence-electron chi connectivity index (χ0n) is 14.4. The van der Waals surface area contributed by atoms with Crippen LogP contribution in [0.25, 0.3) is 0 Å². The molecule has 1 aromatic rings. The molecule has 2 aliphatic rings. The van der Waals surface area contributed by atoms with E-state index in [1.54, 1.807) is 12.1 Å². The second-order valence-corrected chi connectivity index (χ2v) is 7.11. The van der Waals surface area contributed by atoms with Crippen LogP contribution >= 0.6 is 0 Å². The molecular formula is C19H27FN2O2. The molecule has 24 heavy (non-hydrogen) atoms. The van der Waals surface area contributed by atoms with Crippen LogP contribution in [0.15, 0.2) is 24.3 Å². The normalized spacial score (nSPS) is 22.7. The Morgan fingerprint density at radius 2 is 1.96 bits per heavy atom. The predicted octanol–water partition coefficient (Wildman–Crippen LogP) is 2.33. The second kappa shape index (κ2) is 8.08. The Hall–Kier alpha value is -1.46. The first kappa shape index (κ1) is 17.4. The highest BCUT2D eigenvalue weighted by Gasteiger charge is 2.30. The minimum absolute atomic E-state index is 0.156. The van der Waals surface area contributed by atoms with E-state index < -0.39 is 0 Å². The van der Waals surface area contributed by atoms with Gasteiger partial charge in [-0.15, -0.1) is 0 Å². The number of benzene rings is 1. The Labute approximate surface area is 143 Å². The monoisotopic (exact) mass is 334 g/mol. The van der Waals surface area contributed by atoms with Crippen molar-refractivity contribution in [3.05, 3.63) is 35.6 Å². The van der Waals surface area contributed by atoms with Crippen LogP contribution in [0, 0.1) is 11.7 Å². The third kappa shape index (κ3) is 4.54. The Morgan fingerprint density at radius 1 is 1.25 bits per heavy atom. The third-order valence-corrected chi connectivity index (χ3v) is 5.20. The summed E-state index contributed by atoms with van der Waals surface area (Å²) in [4.78, 5) is 17.3. The zero-order chi connectivity index (χ0) is 16.9. The maximum Gasteiger partial charge on any atom is 0.227 e. The summed E-state index contributed by atoms with van der Waals surface area (Å²) in [7, 11) is 2.13. The minimum atomic E-state index is -0.263. The van der Waals surface area contributed by atoms with Crippen LogP contribution in [0.4, 0.5) is 4.39 Å². The molecule has 1 amide bonds. The molecule has 2 saturated heterocycles. The molecule has 132 valence electrons. The van der Waals surface area contributed by atoms with Crippen LogP contribution in [-0.2, 0) is 16.0 Å². The van der Waals surface area contributed by atoms with E-state index in [0.717, 1.165) is 57.7 Å². The third-order valence-electron chi connectivity index (χ3n) is 5.20. The molecule has 1 atom stereocenters. The summed E-state index contributed by atoms with van der Waals surface area (Å²) >= 11 is 0. The van der Waals surface area contributed by atoms with Crippen molar-refractivity contribution in [2.75, 3.05) is 39.9 Å². The van der Waals surface area contributed by atoms with Gasteiger partial charge >= 0.3 is 0 Å². The number of halogens is 1. The van der Waals surface area contributed by atoms with Crippen LogP contribution in [-0.4, -0.2) is 61.6 Å². The number of amides is 1. The van der Waals surface area contributed by atoms with E-state index >= 15 is 0 Å². The molecule has 1 aromatic carbocycles. The molecule has 1 unspecified atom stereocenters. The first-order valence-corrected chi connectivity index (χ1v) is 8.92. The van der Waals surface area contributed by atoms with Crippen LogP contribution in [0.2, 0.25) is 0 Å². The molecule has 3 rings (SSSR count). The van der Waals surface area contributed by atoms with Gasteiger partial charge in [0.05, 0.1) is 13.0 Å². The fourth-order valence-corrected chi connectivity index (χ4v) is 3.65. The van der Waals surface area contributed by atoms with Gasteiger partial charge in [-0.2, -0.15) is 0 Å². The number of rotatable bonds is 5. The van der Waals surface area contributed by atoms with E-state index in [0.29, 0.717) is 18.4 Å². The molecule has 0 saturated carbocycles. The summed E-state index contributed by atoms with van der Waals surface area (Å²) in [5.74, 6) is 0.339. The molecule has 5 heteroatoms. The van der Waals surface area contributed by atoms with Gasteiger partial charge in [0, 0.05) is 25.1 Å². The number of likely N-dealkylation sites (tertiary alicyclic amines) is 1. The number of carbonyl (C=O) groups excluding carboxylic acids is 1. The van der Waals surface area contributed by atoms with Crippen molar-refractivity contribution in [1.29, 1.82) is 0 Å². The molecular weight excluding hydrogens is 307 g/mol. The van der Waals surface area contributed by atoms with Crippen LogP contribution in [0.3, 0.4) is 0 Å². The first-order valence-electron chi connectivity index (χ1n) is 8.92. The summed E-state index contributed by atoms with van der Waals surface area (Å²) in [5.41, 5.74) is 0.877. The Kier molecular flexibility index (Phi) is 5.85. The lowest BCUT2D eigenvalue weighted by Gasteiger charge is -2.38. The molecule has 2 heterocycles. The van der Waals surface area contributed by atoms with E-state index in [-0.39, 0.29) is 11.7 Å². The molecule has 0 spiro atoms. The fourth-order valence-electron chi connectivity index (χ4n) is 3.65. The number of nitrogens with zero attached hydrogens (tertiary/aromatic N) is 2. The van der Waals surface area contributed by atoms with Gasteiger partial charge in [0.2, 0.25) is 5.91 Å². The summed E-state index contributed by atoms with van der Waals surface area (Å²) < 4.78 is 18.6. The fraction of sp³-hybridized carbons (Fsp3) is 0.632. The van der Waals surface area contributed by atoms with Gasteiger partial charge in [-0.25, -0.2) is 4.39 Å². The SMILES string of the molecule is CN1CCC(N(CC2CCOC2)C(=O)Cc2ccc(F)cc2)CC1. The molecule has 2 aliphatic heterocycles. The van der Waals surface area contributed by atoms with E-state index in [1.807, 2.05) is 0 Å². The van der Waals surface area contributed by atoms with Crippen molar-refractivity contribution < 1.29 is 13.9 Å². The van der Waals surface area contributed by atoms with Crippen molar-refractivity contribution in [1.82, 2.24) is 9.80 Å². The number of carbonyl (C=O) groups is 1. The molecule has 0 aromatic heterocycles. The molecule has 4 nitrogen and oxygen atoms in total. The van der Waals surface area contributed by atoms with Gasteiger partial charge in [0.1, 0.15) is 5.82 Å². The van der Waals surface area contributed by atoms with Crippen molar-refractivity contribution in [2.24, 2.45) is 5.92 Å². The summed E-state index contributed by atoms with van der Waals surface area (Å²) in [6, 6.07) is 6.58. The maximum atomic E-state index is 13.1. The van der Waals surface area contributed by atoms with Crippen molar-refractivity contribution >= 4 is 5.91 Å². The Morgan fingerprint density at radius 3 is 2.58 bits per heavy atom. The molecule has 0 bridgehead atoms. The van der Waals surface area contributed by atoms with Gasteiger partial charge in [-0.3, -0.25) is 4.79 Å². The van der Waals surface area contributed by atoms with Crippen molar-refractivity contribution in [3.63, 3.8) is 0 Å². The van der Waals surface area contributed by atoms with Gasteiger partial charge in [-0.1, -0.05) is 12.1 Å². The molecule has 0 aliphatic carbocycles. The topological polar surface area (TPSA) is 32.8 Å². The number of hydrogen-bond acceptors (Lipinski definition) is 3. The van der Waals surface area contributed by atoms with Crippen LogP contribution < -0.4 is 0 Å². The number of piperidine rings is 1. The highest BCUT2D eigenvalue weighted by atomic mass is 19.1. The molecule has 0 radical (unpaired) electrons. The lowest BCUT2D eigenvalue weighted by Crippen LogP contribution is -2.49. The van der Waals surface area contributed by atoms with Crippen LogP contribution in [0.5, 0.6) is 0 Å². The predicted molar refractivity (Wildman–Crippen MR) is 91.3 cm³/mol. The highest BCUT2D eigenvalue weighted by Crippen LogP contribution is 2.22. The van der Waals surface area contributed by atoms with Crippen molar-refractivity contribution in [3.8, 4) is 0 Å². The quantitative estimate of drug-likeness (QED) is 0.828. The van der Waals surface area contributed by atoms with Crippen molar-refractivity contribution in [2.45, 2.75) is 31.7 Å². The van der Waals surface area contributed by atoms with Gasteiger partial charge in [-0.05, 0) is 57.1 Å². The van der Waals surface area contributed by atoms with Gasteiger partial charge in [0.15, 0.2) is 0 Å². The lowest BCUT2D eigenvalue weighted by atomic mass is 9.99. The Balaban J connectivity index is 1.67. The smallest absolute Gasteiger partial charge is 0.227 e. The number of ether oxygens (including phenoxy) is 1. The van der Waals surface area contributed by atoms with E-state index in [4.69, 9.17) is 4.74 Å². The van der Waals surface area contributed by atoms with Gasteiger partial charge in [0.25, 0.3) is 0 Å². The average molecular weight is 334 g/mol. The molecule has 0 N–H and O–H groups in total. The largest absolute Gasteiger partial charge is 0.381 e. The molecule has 2 fully saturated rings. The first-order chi connectivity index (χ1) is 11.6. The maximum absolute atomic E-state index is 13.1. The second-order valence-electron chi connectivity index (χ2n) is 7.11. The van der Waals surface area contributed by atoms with Crippen LogP contribution in [0.1, 0.15) is 24.8 Å². The summed E-state index contributed by atoms with van der Waals surface area (Å²) in [5, 5.41) is 0. The van der Waals surface area contributed by atoms with E-state index in [2.05, 4.69) is 16.8 Å². The minimum Gasteiger partial charge on any atom is -0.381 e. The summed E-state index contributed by atoms with van der Waals surface area (Å²) in [6.07, 6.45) is 3.44. The lowest BCUT2D eigenvalue weighted by molar-refractivity contribution is -0.134. The number of hydrogen-bond donors (Lipinski definition) is 0. The van der Waals surface area contributed by atoms with E-state index in [1.165, 1.54) is 12.1 Å².